The number of carboxylic acids is 1. The number of aryl methyl sites for hydroxylation is 1. The number of hydrogen-bond acceptors (Lipinski definition) is 6. The van der Waals surface area contributed by atoms with Crippen LogP contribution >= 0.6 is 0 Å². The van der Waals surface area contributed by atoms with E-state index in [9.17, 15) is 23.1 Å². The summed E-state index contributed by atoms with van der Waals surface area (Å²) in [7, 11) is -3.43. The smallest absolute Gasteiger partial charge is 0.326 e. The van der Waals surface area contributed by atoms with E-state index in [-0.39, 0.29) is 18.7 Å². The first-order valence-corrected chi connectivity index (χ1v) is 18.7. The Morgan fingerprint density at radius 3 is 1.84 bits per heavy atom. The molecule has 0 bridgehead atoms. The van der Waals surface area contributed by atoms with Crippen molar-refractivity contribution in [2.45, 2.75) is 51.7 Å². The van der Waals surface area contributed by atoms with Gasteiger partial charge in [0, 0.05) is 31.6 Å². The van der Waals surface area contributed by atoms with E-state index in [2.05, 4.69) is 27.1 Å². The Bertz CT molecular complexity index is 2000. The summed E-state index contributed by atoms with van der Waals surface area (Å²) in [4.78, 5) is 26.4. The van der Waals surface area contributed by atoms with Crippen LogP contribution in [0, 0.1) is 6.92 Å². The number of aliphatic carboxylic acids is 1. The van der Waals surface area contributed by atoms with Crippen molar-refractivity contribution in [3.05, 3.63) is 155 Å². The second kappa shape index (κ2) is 17.4. The van der Waals surface area contributed by atoms with Crippen molar-refractivity contribution < 1.29 is 27.9 Å². The lowest BCUT2D eigenvalue weighted by Crippen LogP contribution is -2.42. The molecule has 0 spiro atoms. The number of carbonyl (C=O) groups is 2. The summed E-state index contributed by atoms with van der Waals surface area (Å²) in [5.74, 6) is 0.0462. The van der Waals surface area contributed by atoms with Crippen molar-refractivity contribution in [2.75, 3.05) is 15.9 Å². The zero-order chi connectivity index (χ0) is 36.2. The lowest BCUT2D eigenvalue weighted by Gasteiger charge is -2.28. The van der Waals surface area contributed by atoms with Gasteiger partial charge in [-0.05, 0) is 84.0 Å². The van der Waals surface area contributed by atoms with Crippen LogP contribution in [0.15, 0.2) is 127 Å². The number of sulfonamides is 1. The number of nitrogens with one attached hydrogen (secondary N) is 2. The average Bonchev–Trinajstić information content (AvgIpc) is 3.10. The molecule has 5 aromatic rings. The van der Waals surface area contributed by atoms with Gasteiger partial charge >= 0.3 is 5.97 Å². The van der Waals surface area contributed by atoms with E-state index in [0.717, 1.165) is 39.8 Å². The van der Waals surface area contributed by atoms with Gasteiger partial charge in [-0.25, -0.2) is 13.2 Å². The van der Waals surface area contributed by atoms with Crippen molar-refractivity contribution >= 4 is 33.3 Å². The molecule has 0 aliphatic rings. The van der Waals surface area contributed by atoms with Crippen LogP contribution in [0.1, 0.15) is 40.7 Å². The first-order chi connectivity index (χ1) is 24.5. The molecular weight excluding hydrogens is 663 g/mol. The number of rotatable bonds is 17. The van der Waals surface area contributed by atoms with Gasteiger partial charge in [-0.3, -0.25) is 9.52 Å². The minimum Gasteiger partial charge on any atom is -0.480 e. The Morgan fingerprint density at radius 2 is 1.27 bits per heavy atom. The predicted octanol–water partition coefficient (Wildman–Crippen LogP) is 7.50. The minimum atomic E-state index is -3.43. The summed E-state index contributed by atoms with van der Waals surface area (Å²) >= 11 is 0. The lowest BCUT2D eigenvalue weighted by molar-refractivity contribution is -0.141. The first kappa shape index (κ1) is 36.7. The third-order valence-electron chi connectivity index (χ3n) is 8.40. The summed E-state index contributed by atoms with van der Waals surface area (Å²) in [6, 6.07) is 39.7. The van der Waals surface area contributed by atoms with Crippen LogP contribution < -0.4 is 19.7 Å². The summed E-state index contributed by atoms with van der Waals surface area (Å²) in [5, 5.41) is 12.2. The molecule has 0 fully saturated rings. The summed E-state index contributed by atoms with van der Waals surface area (Å²) < 4.78 is 32.7. The molecular formula is C41H43N3O6S. The number of hydrogen-bond donors (Lipinski definition) is 3. The van der Waals surface area contributed by atoms with Crippen LogP contribution in [0.5, 0.6) is 11.5 Å². The van der Waals surface area contributed by atoms with Crippen LogP contribution in [0.4, 0.5) is 11.4 Å². The van der Waals surface area contributed by atoms with Crippen LogP contribution in [0.2, 0.25) is 0 Å². The number of anilines is 2. The van der Waals surface area contributed by atoms with E-state index < -0.39 is 22.0 Å². The Morgan fingerprint density at radius 1 is 0.725 bits per heavy atom. The van der Waals surface area contributed by atoms with Crippen molar-refractivity contribution in [2.24, 2.45) is 0 Å². The van der Waals surface area contributed by atoms with Gasteiger partial charge in [-0.15, -0.1) is 0 Å². The highest BCUT2D eigenvalue weighted by Crippen LogP contribution is 2.31. The highest BCUT2D eigenvalue weighted by molar-refractivity contribution is 7.92. The molecule has 5 rings (SSSR count). The van der Waals surface area contributed by atoms with Gasteiger partial charge in [0.25, 0.3) is 0 Å². The summed E-state index contributed by atoms with van der Waals surface area (Å²) in [5.41, 5.74) is 6.43. The summed E-state index contributed by atoms with van der Waals surface area (Å²) in [6.07, 6.45) is 2.88. The fourth-order valence-corrected chi connectivity index (χ4v) is 6.44. The second-order valence-electron chi connectivity index (χ2n) is 12.6. The Kier molecular flexibility index (Phi) is 12.5. The largest absolute Gasteiger partial charge is 0.480 e. The van der Waals surface area contributed by atoms with E-state index in [1.165, 1.54) is 0 Å². The number of ether oxygens (including phenoxy) is 1. The number of nitrogens with zero attached hydrogens (tertiary/aromatic N) is 1. The maximum absolute atomic E-state index is 12.5. The highest BCUT2D eigenvalue weighted by atomic mass is 32.2. The highest BCUT2D eigenvalue weighted by Gasteiger charge is 2.20. The van der Waals surface area contributed by atoms with E-state index in [1.54, 1.807) is 6.07 Å². The van der Waals surface area contributed by atoms with Crippen LogP contribution in [0.25, 0.3) is 0 Å². The third kappa shape index (κ3) is 11.5. The molecule has 3 N–H and O–H groups in total. The molecule has 264 valence electrons. The number of benzene rings is 5. The SMILES string of the molecule is Cc1c(NS(C)(=O)=O)cccc1N(Cc1ccccc1)Cc1ccc(Oc2ccc(CCCC(=O)NC(Cc3ccccc3)C(=O)O)cc2)cc1. The predicted molar refractivity (Wildman–Crippen MR) is 202 cm³/mol. The monoisotopic (exact) mass is 705 g/mol. The molecule has 0 heterocycles. The molecule has 0 saturated carbocycles. The Hall–Kier alpha value is -5.61. The molecule has 5 aromatic carbocycles. The van der Waals surface area contributed by atoms with Crippen molar-refractivity contribution in [3.63, 3.8) is 0 Å². The lowest BCUT2D eigenvalue weighted by atomic mass is 10.0. The standard InChI is InChI=1S/C41H43N3O6S/c1-30-37(43-51(2,48)49)16-10-17-39(30)44(28-33-13-7-4-8-14-33)29-34-21-25-36(26-22-34)50-35-23-19-31(20-24-35)15-9-18-40(45)42-38(41(46)47)27-32-11-5-3-6-12-32/h3-8,10-14,16-17,19-26,38,43H,9,15,18,27-29H2,1-2H3,(H,42,45)(H,46,47). The molecule has 10 heteroatoms. The van der Waals surface area contributed by atoms with Gasteiger partial charge in [0.05, 0.1) is 11.9 Å². The van der Waals surface area contributed by atoms with Crippen molar-refractivity contribution in [1.29, 1.82) is 0 Å². The fourth-order valence-electron chi connectivity index (χ4n) is 5.82. The first-order valence-electron chi connectivity index (χ1n) is 16.8. The normalized spacial score (nSPS) is 11.7. The van der Waals surface area contributed by atoms with Gasteiger partial charge in [-0.2, -0.15) is 0 Å². The zero-order valence-corrected chi connectivity index (χ0v) is 29.6. The Labute approximate surface area is 300 Å². The summed E-state index contributed by atoms with van der Waals surface area (Å²) in [6.45, 7) is 3.15. The van der Waals surface area contributed by atoms with Gasteiger partial charge in [0.2, 0.25) is 15.9 Å². The topological polar surface area (TPSA) is 125 Å². The van der Waals surface area contributed by atoms with Crippen LogP contribution in [-0.2, 0) is 45.5 Å². The van der Waals surface area contributed by atoms with Crippen molar-refractivity contribution in [1.82, 2.24) is 5.32 Å². The molecule has 0 saturated heterocycles. The number of amides is 1. The van der Waals surface area contributed by atoms with E-state index in [1.807, 2.05) is 116 Å². The van der Waals surface area contributed by atoms with Gasteiger partial charge in [0.1, 0.15) is 17.5 Å². The second-order valence-corrected chi connectivity index (χ2v) is 14.3. The Balaban J connectivity index is 1.16. The van der Waals surface area contributed by atoms with Gasteiger partial charge in [0.15, 0.2) is 0 Å². The van der Waals surface area contributed by atoms with E-state index in [4.69, 9.17) is 4.74 Å². The molecule has 0 aromatic heterocycles. The zero-order valence-electron chi connectivity index (χ0n) is 28.8. The number of carboxylic acid groups (broad SMARTS) is 1. The molecule has 1 amide bonds. The quantitative estimate of drug-likeness (QED) is 0.0915. The molecule has 1 unspecified atom stereocenters. The molecule has 0 aliphatic carbocycles. The van der Waals surface area contributed by atoms with Gasteiger partial charge in [-0.1, -0.05) is 91.0 Å². The van der Waals surface area contributed by atoms with E-state index in [0.29, 0.717) is 43.1 Å². The van der Waals surface area contributed by atoms with Gasteiger partial charge < -0.3 is 20.1 Å². The molecule has 1 atom stereocenters. The molecule has 0 aliphatic heterocycles. The van der Waals surface area contributed by atoms with E-state index >= 15 is 0 Å². The fraction of sp³-hybridized carbons (Fsp3) is 0.220. The van der Waals surface area contributed by atoms with Crippen molar-refractivity contribution in [3.8, 4) is 11.5 Å². The van der Waals surface area contributed by atoms with Crippen LogP contribution in [-0.4, -0.2) is 37.7 Å². The molecule has 0 radical (unpaired) electrons. The van der Waals surface area contributed by atoms with Crippen LogP contribution in [0.3, 0.4) is 0 Å². The maximum Gasteiger partial charge on any atom is 0.326 e. The average molecular weight is 706 g/mol. The molecule has 51 heavy (non-hydrogen) atoms. The molecule has 9 nitrogen and oxygen atoms in total. The number of carbonyl (C=O) groups excluding carboxylic acids is 1. The maximum atomic E-state index is 12.5. The minimum absolute atomic E-state index is 0.231. The third-order valence-corrected chi connectivity index (χ3v) is 8.99.